The number of amides is 2. The molecule has 5 heteroatoms. The molecule has 0 bridgehead atoms. The van der Waals surface area contributed by atoms with E-state index in [1.807, 2.05) is 0 Å². The molecule has 0 saturated carbocycles. The van der Waals surface area contributed by atoms with E-state index in [-0.39, 0.29) is 11.8 Å². The van der Waals surface area contributed by atoms with Crippen LogP contribution in [-0.2, 0) is 9.59 Å². The number of hydrogen-bond acceptors (Lipinski definition) is 3. The van der Waals surface area contributed by atoms with E-state index in [1.54, 1.807) is 24.3 Å². The average Bonchev–Trinajstić information content (AvgIpc) is 2.49. The zero-order valence-corrected chi connectivity index (χ0v) is 7.28. The molecule has 0 aliphatic carbocycles. The van der Waals surface area contributed by atoms with Gasteiger partial charge in [0, 0.05) is 5.69 Å². The topological polar surface area (TPSA) is 84.2 Å². The standard InChI is InChI=1S/C9H9N3O2/c10-6-3-1-5(2-4-6)7-8(13)11-12-9(7)14/h1-4,7H,10H2,(H,11,13)(H,12,14). The second-order valence-electron chi connectivity index (χ2n) is 3.08. The Morgan fingerprint density at radius 2 is 1.50 bits per heavy atom. The van der Waals surface area contributed by atoms with Crippen LogP contribution in [0, 0.1) is 0 Å². The Kier molecular flexibility index (Phi) is 1.85. The number of hydrogen-bond donors (Lipinski definition) is 3. The molecule has 5 nitrogen and oxygen atoms in total. The lowest BCUT2D eigenvalue weighted by molar-refractivity contribution is -0.124. The third-order valence-electron chi connectivity index (χ3n) is 2.10. The van der Waals surface area contributed by atoms with Crippen LogP contribution in [0.1, 0.15) is 11.5 Å². The van der Waals surface area contributed by atoms with E-state index >= 15 is 0 Å². The molecule has 1 aliphatic heterocycles. The Morgan fingerprint density at radius 1 is 1.00 bits per heavy atom. The fraction of sp³-hybridized carbons (Fsp3) is 0.111. The summed E-state index contributed by atoms with van der Waals surface area (Å²) in [6.45, 7) is 0. The summed E-state index contributed by atoms with van der Waals surface area (Å²) in [4.78, 5) is 22.5. The number of nitrogen functional groups attached to an aromatic ring is 1. The summed E-state index contributed by atoms with van der Waals surface area (Å²) in [5.74, 6) is -1.42. The SMILES string of the molecule is Nc1ccc(C2C(=O)NNC2=O)cc1. The molecule has 1 heterocycles. The van der Waals surface area contributed by atoms with Crippen LogP contribution < -0.4 is 16.6 Å². The molecule has 0 radical (unpaired) electrons. The van der Waals surface area contributed by atoms with E-state index < -0.39 is 5.92 Å². The number of carbonyl (C=O) groups excluding carboxylic acids is 2. The highest BCUT2D eigenvalue weighted by Crippen LogP contribution is 2.19. The van der Waals surface area contributed by atoms with Gasteiger partial charge in [0.2, 0.25) is 0 Å². The van der Waals surface area contributed by atoms with Gasteiger partial charge in [-0.05, 0) is 17.7 Å². The second-order valence-corrected chi connectivity index (χ2v) is 3.08. The normalized spacial score (nSPS) is 16.6. The summed E-state index contributed by atoms with van der Waals surface area (Å²) < 4.78 is 0. The smallest absolute Gasteiger partial charge is 0.255 e. The first-order valence-electron chi connectivity index (χ1n) is 4.13. The van der Waals surface area contributed by atoms with Gasteiger partial charge < -0.3 is 5.73 Å². The minimum Gasteiger partial charge on any atom is -0.399 e. The van der Waals surface area contributed by atoms with E-state index in [9.17, 15) is 9.59 Å². The van der Waals surface area contributed by atoms with Crippen molar-refractivity contribution in [3.05, 3.63) is 29.8 Å². The van der Waals surface area contributed by atoms with Crippen molar-refractivity contribution in [2.75, 3.05) is 5.73 Å². The predicted molar refractivity (Wildman–Crippen MR) is 49.9 cm³/mol. The summed E-state index contributed by atoms with van der Waals surface area (Å²) >= 11 is 0. The monoisotopic (exact) mass is 191 g/mol. The number of rotatable bonds is 1. The maximum Gasteiger partial charge on any atom is 0.255 e. The van der Waals surface area contributed by atoms with Crippen LogP contribution in [0.3, 0.4) is 0 Å². The molecule has 1 aromatic rings. The van der Waals surface area contributed by atoms with E-state index in [1.165, 1.54) is 0 Å². The fourth-order valence-corrected chi connectivity index (χ4v) is 1.38. The van der Waals surface area contributed by atoms with Gasteiger partial charge in [-0.3, -0.25) is 20.4 Å². The van der Waals surface area contributed by atoms with E-state index in [0.717, 1.165) is 0 Å². The van der Waals surface area contributed by atoms with Crippen molar-refractivity contribution in [2.24, 2.45) is 0 Å². The Bertz CT molecular complexity index is 370. The van der Waals surface area contributed by atoms with Crippen LogP contribution in [0.5, 0.6) is 0 Å². The lowest BCUT2D eigenvalue weighted by atomic mass is 9.99. The fourth-order valence-electron chi connectivity index (χ4n) is 1.38. The number of anilines is 1. The summed E-state index contributed by atoms with van der Waals surface area (Å²) in [6, 6.07) is 6.66. The zero-order valence-electron chi connectivity index (χ0n) is 7.28. The molecule has 4 N–H and O–H groups in total. The lowest BCUT2D eigenvalue weighted by Crippen LogP contribution is -2.28. The molecule has 1 fully saturated rings. The highest BCUT2D eigenvalue weighted by molar-refractivity contribution is 6.10. The number of nitrogens with one attached hydrogen (secondary N) is 2. The van der Waals surface area contributed by atoms with Crippen molar-refractivity contribution in [1.82, 2.24) is 10.9 Å². The maximum absolute atomic E-state index is 11.2. The summed E-state index contributed by atoms with van der Waals surface area (Å²) in [6.07, 6.45) is 0. The van der Waals surface area contributed by atoms with Crippen molar-refractivity contribution >= 4 is 17.5 Å². The molecular formula is C9H9N3O2. The minimum absolute atomic E-state index is 0.334. The number of benzene rings is 1. The molecule has 72 valence electrons. The van der Waals surface area contributed by atoms with E-state index in [4.69, 9.17) is 5.73 Å². The number of carbonyl (C=O) groups is 2. The number of hydrazine groups is 1. The second kappa shape index (κ2) is 3.02. The van der Waals surface area contributed by atoms with Crippen LogP contribution >= 0.6 is 0 Å². The summed E-state index contributed by atoms with van der Waals surface area (Å²) in [5, 5.41) is 0. The molecular weight excluding hydrogens is 182 g/mol. The van der Waals surface area contributed by atoms with E-state index in [0.29, 0.717) is 11.3 Å². The van der Waals surface area contributed by atoms with Gasteiger partial charge in [-0.15, -0.1) is 0 Å². The number of nitrogens with two attached hydrogens (primary N) is 1. The van der Waals surface area contributed by atoms with Crippen LogP contribution in [0.25, 0.3) is 0 Å². The minimum atomic E-state index is -0.754. The van der Waals surface area contributed by atoms with Crippen molar-refractivity contribution in [3.8, 4) is 0 Å². The first-order valence-corrected chi connectivity index (χ1v) is 4.13. The Morgan fingerprint density at radius 3 is 2.00 bits per heavy atom. The van der Waals surface area contributed by atoms with Crippen LogP contribution in [-0.4, -0.2) is 11.8 Å². The highest BCUT2D eigenvalue weighted by Gasteiger charge is 2.34. The van der Waals surface area contributed by atoms with Crippen molar-refractivity contribution in [1.29, 1.82) is 0 Å². The Labute approximate surface area is 80.3 Å². The molecule has 1 aliphatic rings. The first kappa shape index (κ1) is 8.55. The Balaban J connectivity index is 2.34. The van der Waals surface area contributed by atoms with Crippen LogP contribution in [0.2, 0.25) is 0 Å². The molecule has 0 atom stereocenters. The van der Waals surface area contributed by atoms with E-state index in [2.05, 4.69) is 10.9 Å². The Hall–Kier alpha value is -2.04. The molecule has 1 aromatic carbocycles. The third kappa shape index (κ3) is 1.28. The lowest BCUT2D eigenvalue weighted by Gasteiger charge is -2.04. The molecule has 1 saturated heterocycles. The van der Waals surface area contributed by atoms with Gasteiger partial charge in [-0.1, -0.05) is 12.1 Å². The highest BCUT2D eigenvalue weighted by atomic mass is 16.2. The summed E-state index contributed by atoms with van der Waals surface area (Å²) in [5.41, 5.74) is 11.3. The van der Waals surface area contributed by atoms with Crippen molar-refractivity contribution in [2.45, 2.75) is 5.92 Å². The van der Waals surface area contributed by atoms with Crippen LogP contribution in [0.15, 0.2) is 24.3 Å². The van der Waals surface area contributed by atoms with Crippen LogP contribution in [0.4, 0.5) is 5.69 Å². The quantitative estimate of drug-likeness (QED) is 0.414. The zero-order chi connectivity index (χ0) is 10.1. The average molecular weight is 191 g/mol. The maximum atomic E-state index is 11.2. The summed E-state index contributed by atoms with van der Waals surface area (Å²) in [7, 11) is 0. The van der Waals surface area contributed by atoms with Gasteiger partial charge in [0.15, 0.2) is 0 Å². The van der Waals surface area contributed by atoms with Gasteiger partial charge in [0.05, 0.1) is 0 Å². The molecule has 14 heavy (non-hydrogen) atoms. The third-order valence-corrected chi connectivity index (χ3v) is 2.10. The van der Waals surface area contributed by atoms with Crippen molar-refractivity contribution < 1.29 is 9.59 Å². The molecule has 0 aromatic heterocycles. The van der Waals surface area contributed by atoms with Crippen molar-refractivity contribution in [3.63, 3.8) is 0 Å². The molecule has 0 unspecified atom stereocenters. The van der Waals surface area contributed by atoms with Gasteiger partial charge in [-0.25, -0.2) is 0 Å². The van der Waals surface area contributed by atoms with Gasteiger partial charge in [0.25, 0.3) is 11.8 Å². The van der Waals surface area contributed by atoms with Gasteiger partial charge >= 0.3 is 0 Å². The molecule has 2 amide bonds. The van der Waals surface area contributed by atoms with Gasteiger partial charge in [0.1, 0.15) is 5.92 Å². The largest absolute Gasteiger partial charge is 0.399 e. The first-order chi connectivity index (χ1) is 6.68. The molecule has 2 rings (SSSR count). The predicted octanol–water partition coefficient (Wildman–Crippen LogP) is -0.487. The molecule has 0 spiro atoms. The van der Waals surface area contributed by atoms with Gasteiger partial charge in [-0.2, -0.15) is 0 Å².